The molecule has 7 heteroatoms. The second-order valence-corrected chi connectivity index (χ2v) is 8.04. The molecule has 0 saturated heterocycles. The van der Waals surface area contributed by atoms with E-state index in [9.17, 15) is 4.79 Å². The van der Waals surface area contributed by atoms with Gasteiger partial charge in [0.15, 0.2) is 11.9 Å². The minimum atomic E-state index is -0.597. The van der Waals surface area contributed by atoms with E-state index < -0.39 is 6.10 Å². The fourth-order valence-electron chi connectivity index (χ4n) is 3.39. The smallest absolute Gasteiger partial charge is 0.261 e. The molecule has 0 unspecified atom stereocenters. The molecule has 0 aliphatic heterocycles. The molecule has 2 aromatic heterocycles. The summed E-state index contributed by atoms with van der Waals surface area (Å²) in [7, 11) is 0. The lowest BCUT2D eigenvalue weighted by Crippen LogP contribution is -2.35. The largest absolute Gasteiger partial charge is 0.481 e. The molecule has 0 spiro atoms. The highest BCUT2D eigenvalue weighted by atomic mass is 16.5. The first-order valence-electron chi connectivity index (χ1n) is 10.8. The lowest BCUT2D eigenvalue weighted by Gasteiger charge is -2.16. The number of aryl methyl sites for hydroxylation is 3. The van der Waals surface area contributed by atoms with E-state index in [-0.39, 0.29) is 5.91 Å². The zero-order chi connectivity index (χ0) is 23.4. The van der Waals surface area contributed by atoms with Crippen LogP contribution in [-0.2, 0) is 11.3 Å². The van der Waals surface area contributed by atoms with Gasteiger partial charge in [0.05, 0.1) is 17.0 Å². The van der Waals surface area contributed by atoms with Gasteiger partial charge in [-0.3, -0.25) is 4.79 Å². The van der Waals surface area contributed by atoms with Crippen LogP contribution < -0.4 is 10.1 Å². The van der Waals surface area contributed by atoms with Gasteiger partial charge in [0.1, 0.15) is 12.1 Å². The van der Waals surface area contributed by atoms with Crippen molar-refractivity contribution in [1.82, 2.24) is 20.4 Å². The van der Waals surface area contributed by atoms with Crippen LogP contribution in [0.1, 0.15) is 29.3 Å². The number of benzene rings is 2. The van der Waals surface area contributed by atoms with Crippen molar-refractivity contribution in [3.63, 3.8) is 0 Å². The molecule has 1 atom stereocenters. The van der Waals surface area contributed by atoms with Crippen molar-refractivity contribution < 1.29 is 14.1 Å². The van der Waals surface area contributed by atoms with Crippen molar-refractivity contribution >= 4 is 5.91 Å². The summed E-state index contributed by atoms with van der Waals surface area (Å²) >= 11 is 0. The molecule has 0 bridgehead atoms. The van der Waals surface area contributed by atoms with Crippen molar-refractivity contribution in [3.05, 3.63) is 83.4 Å². The molecule has 7 nitrogen and oxygen atoms in total. The van der Waals surface area contributed by atoms with E-state index in [4.69, 9.17) is 9.26 Å². The SMILES string of the molecule is Cc1cc(-c2cncnc2-c2ccc(CNC(=O)[C@@H](C)Oc3ccc(C)c(C)c3)cc2)on1. The number of hydrogen-bond donors (Lipinski definition) is 1. The highest BCUT2D eigenvalue weighted by Gasteiger charge is 2.16. The number of carbonyl (C=O) groups excluding carboxylic acids is 1. The Morgan fingerprint density at radius 2 is 1.85 bits per heavy atom. The van der Waals surface area contributed by atoms with Crippen molar-refractivity contribution in [3.8, 4) is 28.3 Å². The Hall–Kier alpha value is -4.00. The number of nitrogens with one attached hydrogen (secondary N) is 1. The van der Waals surface area contributed by atoms with Crippen LogP contribution in [0.4, 0.5) is 0 Å². The quantitative estimate of drug-likeness (QED) is 0.442. The first kappa shape index (κ1) is 22.2. The summed E-state index contributed by atoms with van der Waals surface area (Å²) in [5, 5.41) is 6.88. The molecule has 2 heterocycles. The fourth-order valence-corrected chi connectivity index (χ4v) is 3.39. The van der Waals surface area contributed by atoms with Gasteiger partial charge in [-0.2, -0.15) is 0 Å². The van der Waals surface area contributed by atoms with Crippen molar-refractivity contribution in [1.29, 1.82) is 0 Å². The fraction of sp³-hybridized carbons (Fsp3) is 0.231. The van der Waals surface area contributed by atoms with Gasteiger partial charge in [0.2, 0.25) is 0 Å². The monoisotopic (exact) mass is 442 g/mol. The first-order valence-corrected chi connectivity index (χ1v) is 10.8. The summed E-state index contributed by atoms with van der Waals surface area (Å²) < 4.78 is 11.2. The second-order valence-electron chi connectivity index (χ2n) is 8.04. The molecular weight excluding hydrogens is 416 g/mol. The minimum Gasteiger partial charge on any atom is -0.481 e. The van der Waals surface area contributed by atoms with Crippen LogP contribution >= 0.6 is 0 Å². The van der Waals surface area contributed by atoms with Gasteiger partial charge >= 0.3 is 0 Å². The van der Waals surface area contributed by atoms with Gasteiger partial charge in [0, 0.05) is 24.4 Å². The van der Waals surface area contributed by atoms with Gasteiger partial charge in [-0.25, -0.2) is 9.97 Å². The summed E-state index contributed by atoms with van der Waals surface area (Å²) in [5.41, 5.74) is 6.53. The number of hydrogen-bond acceptors (Lipinski definition) is 6. The Labute approximate surface area is 192 Å². The van der Waals surface area contributed by atoms with Crippen LogP contribution in [-0.4, -0.2) is 27.1 Å². The molecule has 0 aliphatic rings. The second kappa shape index (κ2) is 9.65. The van der Waals surface area contributed by atoms with Crippen LogP contribution in [0.2, 0.25) is 0 Å². The number of rotatable bonds is 7. The molecule has 0 aliphatic carbocycles. The lowest BCUT2D eigenvalue weighted by atomic mass is 10.0. The predicted octanol–water partition coefficient (Wildman–Crippen LogP) is 4.81. The number of amides is 1. The first-order chi connectivity index (χ1) is 15.9. The van der Waals surface area contributed by atoms with Crippen molar-refractivity contribution in [2.24, 2.45) is 0 Å². The standard InChI is InChI=1S/C26H26N4O3/c1-16-5-10-22(11-17(16)2)32-19(4)26(31)28-13-20-6-8-21(9-7-20)25-23(14-27-15-29-25)24-12-18(3)30-33-24/h5-12,14-15,19H,13H2,1-4H3,(H,28,31)/t19-/m1/s1. The summed E-state index contributed by atoms with van der Waals surface area (Å²) in [6.45, 7) is 8.08. The van der Waals surface area contributed by atoms with E-state index in [0.29, 0.717) is 18.1 Å². The van der Waals surface area contributed by atoms with Crippen LogP contribution in [0.15, 0.2) is 65.6 Å². The topological polar surface area (TPSA) is 90.1 Å². The molecule has 4 rings (SSSR count). The zero-order valence-electron chi connectivity index (χ0n) is 19.1. The number of aromatic nitrogens is 3. The Morgan fingerprint density at radius 1 is 1.06 bits per heavy atom. The third-order valence-electron chi connectivity index (χ3n) is 5.46. The molecule has 2 aromatic carbocycles. The minimum absolute atomic E-state index is 0.170. The molecule has 1 N–H and O–H groups in total. The number of ether oxygens (including phenoxy) is 1. The molecule has 0 saturated carbocycles. The zero-order valence-corrected chi connectivity index (χ0v) is 19.1. The Kier molecular flexibility index (Phi) is 6.49. The maximum Gasteiger partial charge on any atom is 0.261 e. The van der Waals surface area contributed by atoms with Gasteiger partial charge in [-0.05, 0) is 56.5 Å². The van der Waals surface area contributed by atoms with E-state index in [0.717, 1.165) is 33.6 Å². The Bertz CT molecular complexity index is 1260. The summed E-state index contributed by atoms with van der Waals surface area (Å²) in [6, 6.07) is 15.5. The van der Waals surface area contributed by atoms with Crippen molar-refractivity contribution in [2.45, 2.75) is 40.3 Å². The highest BCUT2D eigenvalue weighted by molar-refractivity contribution is 5.81. The highest BCUT2D eigenvalue weighted by Crippen LogP contribution is 2.30. The number of carbonyl (C=O) groups is 1. The molecule has 1 amide bonds. The van der Waals surface area contributed by atoms with Gasteiger partial charge < -0.3 is 14.6 Å². The molecule has 4 aromatic rings. The summed E-state index contributed by atoms with van der Waals surface area (Å²) in [6.07, 6.45) is 2.63. The Morgan fingerprint density at radius 3 is 2.55 bits per heavy atom. The third-order valence-corrected chi connectivity index (χ3v) is 5.46. The van der Waals surface area contributed by atoms with E-state index in [1.165, 1.54) is 11.9 Å². The van der Waals surface area contributed by atoms with Crippen LogP contribution in [0.25, 0.3) is 22.6 Å². The van der Waals surface area contributed by atoms with E-state index in [1.807, 2.05) is 69.3 Å². The van der Waals surface area contributed by atoms with E-state index in [1.54, 1.807) is 13.1 Å². The molecule has 168 valence electrons. The maximum absolute atomic E-state index is 12.5. The van der Waals surface area contributed by atoms with Crippen LogP contribution in [0.5, 0.6) is 5.75 Å². The normalized spacial score (nSPS) is 11.8. The van der Waals surface area contributed by atoms with Gasteiger partial charge in [-0.15, -0.1) is 0 Å². The summed E-state index contributed by atoms with van der Waals surface area (Å²) in [5.74, 6) is 1.14. The van der Waals surface area contributed by atoms with Gasteiger partial charge in [0.25, 0.3) is 5.91 Å². The molecular formula is C26H26N4O3. The predicted molar refractivity (Wildman–Crippen MR) is 126 cm³/mol. The third kappa shape index (κ3) is 5.26. The average Bonchev–Trinajstić information content (AvgIpc) is 3.26. The number of nitrogens with zero attached hydrogens (tertiary/aromatic N) is 3. The van der Waals surface area contributed by atoms with Crippen molar-refractivity contribution in [2.75, 3.05) is 0 Å². The average molecular weight is 443 g/mol. The van der Waals surface area contributed by atoms with Crippen LogP contribution in [0.3, 0.4) is 0 Å². The van der Waals surface area contributed by atoms with Gasteiger partial charge in [-0.1, -0.05) is 35.5 Å². The Balaban J connectivity index is 1.39. The lowest BCUT2D eigenvalue weighted by molar-refractivity contribution is -0.127. The van der Waals surface area contributed by atoms with Crippen LogP contribution in [0, 0.1) is 20.8 Å². The summed E-state index contributed by atoms with van der Waals surface area (Å²) in [4.78, 5) is 21.0. The van der Waals surface area contributed by atoms with E-state index >= 15 is 0 Å². The molecule has 33 heavy (non-hydrogen) atoms. The maximum atomic E-state index is 12.5. The molecule has 0 radical (unpaired) electrons. The molecule has 0 fully saturated rings. The van der Waals surface area contributed by atoms with E-state index in [2.05, 4.69) is 20.4 Å².